The lowest BCUT2D eigenvalue weighted by Gasteiger charge is -2.36. The van der Waals surface area contributed by atoms with E-state index in [4.69, 9.17) is 4.74 Å². The number of carbonyl (C=O) groups excluding carboxylic acids is 1. The van der Waals surface area contributed by atoms with E-state index in [0.29, 0.717) is 0 Å². The minimum absolute atomic E-state index is 0.00931. The maximum atomic E-state index is 11.6. The number of ketones is 1. The lowest BCUT2D eigenvalue weighted by atomic mass is 9.82. The topological polar surface area (TPSA) is 26.3 Å². The zero-order valence-electron chi connectivity index (χ0n) is 9.41. The molecule has 0 aromatic heterocycles. The molecule has 0 N–H and O–H groups in total. The van der Waals surface area contributed by atoms with Crippen LogP contribution in [0.2, 0.25) is 0 Å². The molecule has 0 saturated heterocycles. The third kappa shape index (κ3) is 1.89. The van der Waals surface area contributed by atoms with Crippen molar-refractivity contribution in [3.8, 4) is 5.75 Å². The molecule has 1 aromatic carbocycles. The van der Waals surface area contributed by atoms with E-state index in [-0.39, 0.29) is 17.3 Å². The highest BCUT2D eigenvalue weighted by Crippen LogP contribution is 2.40. The standard InChI is InChI=1S/C13H16O2/c1-9(14)11-8-13(2,3)15-12-7-5-4-6-10(11)12/h4-7,11H,8H2,1-3H3. The molecule has 1 aliphatic rings. The second-order valence-electron chi connectivity index (χ2n) is 4.77. The summed E-state index contributed by atoms with van der Waals surface area (Å²) < 4.78 is 5.85. The first-order valence-corrected chi connectivity index (χ1v) is 5.28. The highest BCUT2D eigenvalue weighted by Gasteiger charge is 2.35. The van der Waals surface area contributed by atoms with Gasteiger partial charge in [-0.1, -0.05) is 18.2 Å². The van der Waals surface area contributed by atoms with E-state index in [1.807, 2.05) is 38.1 Å². The van der Waals surface area contributed by atoms with Gasteiger partial charge in [-0.25, -0.2) is 0 Å². The molecule has 1 aromatic rings. The number of fused-ring (bicyclic) bond motifs is 1. The molecule has 0 fully saturated rings. The summed E-state index contributed by atoms with van der Waals surface area (Å²) in [6.07, 6.45) is 0.763. The largest absolute Gasteiger partial charge is 0.488 e. The first kappa shape index (κ1) is 10.2. The zero-order chi connectivity index (χ0) is 11.1. The van der Waals surface area contributed by atoms with Gasteiger partial charge in [0.2, 0.25) is 0 Å². The average Bonchev–Trinajstić information content (AvgIpc) is 2.14. The van der Waals surface area contributed by atoms with Crippen LogP contribution >= 0.6 is 0 Å². The van der Waals surface area contributed by atoms with Crippen molar-refractivity contribution in [3.63, 3.8) is 0 Å². The molecular weight excluding hydrogens is 188 g/mol. The van der Waals surface area contributed by atoms with Crippen LogP contribution in [0, 0.1) is 0 Å². The number of benzene rings is 1. The molecule has 2 nitrogen and oxygen atoms in total. The summed E-state index contributed by atoms with van der Waals surface area (Å²) in [6.45, 7) is 5.71. The fourth-order valence-corrected chi connectivity index (χ4v) is 2.16. The maximum absolute atomic E-state index is 11.6. The highest BCUT2D eigenvalue weighted by atomic mass is 16.5. The SMILES string of the molecule is CC(=O)C1CC(C)(C)Oc2ccccc21. The summed E-state index contributed by atoms with van der Waals surface area (Å²) in [5, 5.41) is 0. The second-order valence-corrected chi connectivity index (χ2v) is 4.77. The lowest BCUT2D eigenvalue weighted by Crippen LogP contribution is -2.36. The molecule has 1 unspecified atom stereocenters. The van der Waals surface area contributed by atoms with Crippen molar-refractivity contribution in [1.29, 1.82) is 0 Å². The Hall–Kier alpha value is -1.31. The Morgan fingerprint density at radius 3 is 2.73 bits per heavy atom. The molecule has 0 bridgehead atoms. The summed E-state index contributed by atoms with van der Waals surface area (Å²) >= 11 is 0. The van der Waals surface area contributed by atoms with E-state index in [2.05, 4.69) is 0 Å². The smallest absolute Gasteiger partial charge is 0.137 e. The van der Waals surface area contributed by atoms with Crippen molar-refractivity contribution >= 4 is 5.78 Å². The Labute approximate surface area is 90.3 Å². The van der Waals surface area contributed by atoms with Crippen molar-refractivity contribution in [2.75, 3.05) is 0 Å². The van der Waals surface area contributed by atoms with Crippen molar-refractivity contribution in [3.05, 3.63) is 29.8 Å². The molecule has 2 rings (SSSR count). The van der Waals surface area contributed by atoms with E-state index in [0.717, 1.165) is 17.7 Å². The molecule has 80 valence electrons. The van der Waals surface area contributed by atoms with Gasteiger partial charge >= 0.3 is 0 Å². The monoisotopic (exact) mass is 204 g/mol. The number of ether oxygens (including phenoxy) is 1. The molecule has 1 heterocycles. The van der Waals surface area contributed by atoms with Gasteiger partial charge in [0.05, 0.1) is 0 Å². The number of carbonyl (C=O) groups is 1. The first-order chi connectivity index (χ1) is 6.99. The highest BCUT2D eigenvalue weighted by molar-refractivity contribution is 5.84. The predicted molar refractivity (Wildman–Crippen MR) is 59.2 cm³/mol. The Morgan fingerprint density at radius 2 is 2.07 bits per heavy atom. The quantitative estimate of drug-likeness (QED) is 0.703. The number of rotatable bonds is 1. The molecule has 1 atom stereocenters. The van der Waals surface area contributed by atoms with Gasteiger partial charge in [0.25, 0.3) is 0 Å². The van der Waals surface area contributed by atoms with E-state index in [9.17, 15) is 4.79 Å². The fraction of sp³-hybridized carbons (Fsp3) is 0.462. The van der Waals surface area contributed by atoms with Gasteiger partial charge in [0.15, 0.2) is 0 Å². The first-order valence-electron chi connectivity index (χ1n) is 5.28. The van der Waals surface area contributed by atoms with Crippen LogP contribution in [0.1, 0.15) is 38.7 Å². The van der Waals surface area contributed by atoms with Gasteiger partial charge < -0.3 is 4.74 Å². The summed E-state index contributed by atoms with van der Waals surface area (Å²) in [5.41, 5.74) is 0.786. The van der Waals surface area contributed by atoms with Crippen LogP contribution in [-0.2, 0) is 4.79 Å². The lowest BCUT2D eigenvalue weighted by molar-refractivity contribution is -0.120. The number of hydrogen-bond acceptors (Lipinski definition) is 2. The number of para-hydroxylation sites is 1. The normalized spacial score (nSPS) is 22.7. The molecule has 0 saturated carbocycles. The second kappa shape index (κ2) is 3.37. The van der Waals surface area contributed by atoms with Crippen LogP contribution in [0.5, 0.6) is 5.75 Å². The Balaban J connectivity index is 2.47. The molecule has 1 aliphatic heterocycles. The van der Waals surface area contributed by atoms with Gasteiger partial charge in [-0.05, 0) is 26.8 Å². The van der Waals surface area contributed by atoms with E-state index >= 15 is 0 Å². The minimum Gasteiger partial charge on any atom is -0.488 e. The van der Waals surface area contributed by atoms with Crippen LogP contribution in [0.25, 0.3) is 0 Å². The van der Waals surface area contributed by atoms with Crippen LogP contribution in [0.15, 0.2) is 24.3 Å². The fourth-order valence-electron chi connectivity index (χ4n) is 2.16. The van der Waals surface area contributed by atoms with Gasteiger partial charge in [-0.3, -0.25) is 4.79 Å². The van der Waals surface area contributed by atoms with Crippen molar-refractivity contribution in [2.45, 2.75) is 38.7 Å². The van der Waals surface area contributed by atoms with Crippen molar-refractivity contribution in [1.82, 2.24) is 0 Å². The number of hydrogen-bond donors (Lipinski definition) is 0. The summed E-state index contributed by atoms with van der Waals surface area (Å²) in [6, 6.07) is 7.82. The van der Waals surface area contributed by atoms with Gasteiger partial charge in [0.1, 0.15) is 17.1 Å². The number of Topliss-reactive ketones (excluding diaryl/α,β-unsaturated/α-hetero) is 1. The summed E-state index contributed by atoms with van der Waals surface area (Å²) in [4.78, 5) is 11.6. The zero-order valence-corrected chi connectivity index (χ0v) is 9.41. The van der Waals surface area contributed by atoms with Crippen LogP contribution in [0.4, 0.5) is 0 Å². The van der Waals surface area contributed by atoms with Gasteiger partial charge in [-0.15, -0.1) is 0 Å². The van der Waals surface area contributed by atoms with Crippen molar-refractivity contribution < 1.29 is 9.53 Å². The van der Waals surface area contributed by atoms with Gasteiger partial charge in [0, 0.05) is 17.9 Å². The predicted octanol–water partition coefficient (Wildman–Crippen LogP) is 2.92. The van der Waals surface area contributed by atoms with Crippen LogP contribution in [-0.4, -0.2) is 11.4 Å². The molecule has 2 heteroatoms. The van der Waals surface area contributed by atoms with E-state index in [1.165, 1.54) is 0 Å². The molecule has 0 aliphatic carbocycles. The third-order valence-electron chi connectivity index (χ3n) is 2.87. The Kier molecular flexibility index (Phi) is 2.29. The summed E-state index contributed by atoms with van der Waals surface area (Å²) in [5.74, 6) is 1.07. The van der Waals surface area contributed by atoms with Crippen molar-refractivity contribution in [2.24, 2.45) is 0 Å². The summed E-state index contributed by atoms with van der Waals surface area (Å²) in [7, 11) is 0. The molecule has 0 radical (unpaired) electrons. The molecule has 0 spiro atoms. The van der Waals surface area contributed by atoms with Crippen LogP contribution < -0.4 is 4.74 Å². The average molecular weight is 204 g/mol. The Bertz CT molecular complexity index is 393. The van der Waals surface area contributed by atoms with E-state index < -0.39 is 0 Å². The van der Waals surface area contributed by atoms with Crippen LogP contribution in [0.3, 0.4) is 0 Å². The Morgan fingerprint density at radius 1 is 1.40 bits per heavy atom. The van der Waals surface area contributed by atoms with E-state index in [1.54, 1.807) is 6.92 Å². The third-order valence-corrected chi connectivity index (χ3v) is 2.87. The minimum atomic E-state index is -0.245. The molecule has 0 amide bonds. The molecular formula is C13H16O2. The molecule has 15 heavy (non-hydrogen) atoms. The maximum Gasteiger partial charge on any atom is 0.137 e. The van der Waals surface area contributed by atoms with Gasteiger partial charge in [-0.2, -0.15) is 0 Å².